The molecule has 1 amide bonds. The second-order valence-corrected chi connectivity index (χ2v) is 7.36. The Labute approximate surface area is 166 Å². The molecule has 0 radical (unpaired) electrons. The molecule has 0 saturated heterocycles. The van der Waals surface area contributed by atoms with Gasteiger partial charge in [0.25, 0.3) is 5.56 Å². The third kappa shape index (κ3) is 3.67. The van der Waals surface area contributed by atoms with E-state index in [0.29, 0.717) is 11.4 Å². The Morgan fingerprint density at radius 2 is 2.00 bits per heavy atom. The molecular weight excluding hydrogens is 374 g/mol. The average Bonchev–Trinajstić information content (AvgIpc) is 3.33. The highest BCUT2D eigenvalue weighted by atomic mass is 16.5. The molecule has 1 aliphatic rings. The molecule has 0 bridgehead atoms. The van der Waals surface area contributed by atoms with E-state index < -0.39 is 17.2 Å². The standard InChI is InChI=1S/C20H23N5O4/c1-23-12-21-18-17(23)19(27)25(20(28)24(18)2)11-16(26)22-13-6-5-9-15(10-13)29-14-7-3-4-8-14/h5-6,9-10,12,14H,3-4,7-8,11H2,1-2H3,(H,22,26). The minimum absolute atomic E-state index is 0.216. The predicted molar refractivity (Wildman–Crippen MR) is 108 cm³/mol. The van der Waals surface area contributed by atoms with Gasteiger partial charge in [-0.05, 0) is 37.8 Å². The SMILES string of the molecule is Cn1cnc2c1c(=O)n(CC(=O)Nc1cccc(OC3CCCC3)c1)c(=O)n2C. The van der Waals surface area contributed by atoms with Gasteiger partial charge in [0, 0.05) is 25.8 Å². The molecule has 0 atom stereocenters. The summed E-state index contributed by atoms with van der Waals surface area (Å²) >= 11 is 0. The molecule has 29 heavy (non-hydrogen) atoms. The number of hydrogen-bond acceptors (Lipinski definition) is 5. The van der Waals surface area contributed by atoms with Gasteiger partial charge in [0.2, 0.25) is 5.91 Å². The number of amides is 1. The van der Waals surface area contributed by atoms with E-state index in [2.05, 4.69) is 10.3 Å². The number of aryl methyl sites for hydroxylation is 2. The minimum atomic E-state index is -0.588. The van der Waals surface area contributed by atoms with Crippen LogP contribution in [0.15, 0.2) is 40.2 Å². The lowest BCUT2D eigenvalue weighted by Gasteiger charge is -2.14. The van der Waals surface area contributed by atoms with Crippen molar-refractivity contribution in [3.05, 3.63) is 51.4 Å². The maximum atomic E-state index is 12.7. The Bertz CT molecular complexity index is 1180. The summed E-state index contributed by atoms with van der Waals surface area (Å²) in [6, 6.07) is 7.14. The number of aromatic nitrogens is 4. The third-order valence-corrected chi connectivity index (χ3v) is 5.23. The van der Waals surface area contributed by atoms with E-state index >= 15 is 0 Å². The summed E-state index contributed by atoms with van der Waals surface area (Å²) in [4.78, 5) is 41.8. The second-order valence-electron chi connectivity index (χ2n) is 7.36. The van der Waals surface area contributed by atoms with Crippen molar-refractivity contribution in [1.82, 2.24) is 18.7 Å². The summed E-state index contributed by atoms with van der Waals surface area (Å²) in [5.74, 6) is 0.225. The Morgan fingerprint density at radius 3 is 2.76 bits per heavy atom. The Kier molecular flexibility index (Phi) is 4.96. The molecule has 1 saturated carbocycles. The number of hydrogen-bond donors (Lipinski definition) is 1. The zero-order valence-corrected chi connectivity index (χ0v) is 16.4. The number of carbonyl (C=O) groups excluding carboxylic acids is 1. The molecule has 3 aromatic rings. The number of imidazole rings is 1. The fourth-order valence-electron chi connectivity index (χ4n) is 3.73. The first-order valence-electron chi connectivity index (χ1n) is 9.61. The van der Waals surface area contributed by atoms with Gasteiger partial charge in [-0.2, -0.15) is 0 Å². The van der Waals surface area contributed by atoms with Crippen LogP contribution in [0.4, 0.5) is 5.69 Å². The Hall–Kier alpha value is -3.36. The number of carbonyl (C=O) groups is 1. The number of fused-ring (bicyclic) bond motifs is 1. The summed E-state index contributed by atoms with van der Waals surface area (Å²) in [5.41, 5.74) is -0.0222. The molecule has 152 valence electrons. The fraction of sp³-hybridized carbons (Fsp3) is 0.400. The summed E-state index contributed by atoms with van der Waals surface area (Å²) in [6.45, 7) is -0.389. The normalized spacial score (nSPS) is 14.4. The van der Waals surface area contributed by atoms with E-state index in [0.717, 1.165) is 17.4 Å². The fourth-order valence-corrected chi connectivity index (χ4v) is 3.73. The van der Waals surface area contributed by atoms with Gasteiger partial charge in [0.15, 0.2) is 11.2 Å². The van der Waals surface area contributed by atoms with Crippen molar-refractivity contribution in [2.75, 3.05) is 5.32 Å². The molecule has 2 heterocycles. The molecular formula is C20H23N5O4. The van der Waals surface area contributed by atoms with Crippen LogP contribution in [-0.4, -0.2) is 30.7 Å². The van der Waals surface area contributed by atoms with Gasteiger partial charge in [-0.25, -0.2) is 14.3 Å². The van der Waals surface area contributed by atoms with Gasteiger partial charge in [0.1, 0.15) is 12.3 Å². The summed E-state index contributed by atoms with van der Waals surface area (Å²) in [5, 5.41) is 2.74. The second kappa shape index (κ2) is 7.57. The van der Waals surface area contributed by atoms with E-state index in [9.17, 15) is 14.4 Å². The highest BCUT2D eigenvalue weighted by molar-refractivity contribution is 5.90. The molecule has 2 aromatic heterocycles. The van der Waals surface area contributed by atoms with Gasteiger partial charge in [-0.15, -0.1) is 0 Å². The van der Waals surface area contributed by atoms with E-state index in [1.54, 1.807) is 25.2 Å². The van der Waals surface area contributed by atoms with Gasteiger partial charge >= 0.3 is 5.69 Å². The molecule has 1 fully saturated rings. The monoisotopic (exact) mass is 397 g/mol. The number of nitrogens with one attached hydrogen (secondary N) is 1. The van der Waals surface area contributed by atoms with Crippen molar-refractivity contribution in [1.29, 1.82) is 0 Å². The highest BCUT2D eigenvalue weighted by Gasteiger charge is 2.18. The van der Waals surface area contributed by atoms with Crippen molar-refractivity contribution < 1.29 is 9.53 Å². The number of rotatable bonds is 5. The molecule has 9 nitrogen and oxygen atoms in total. The maximum Gasteiger partial charge on any atom is 0.332 e. The minimum Gasteiger partial charge on any atom is -0.490 e. The summed E-state index contributed by atoms with van der Waals surface area (Å²) < 4.78 is 9.67. The van der Waals surface area contributed by atoms with Gasteiger partial charge in [-0.1, -0.05) is 6.07 Å². The zero-order chi connectivity index (χ0) is 20.5. The highest BCUT2D eigenvalue weighted by Crippen LogP contribution is 2.25. The van der Waals surface area contributed by atoms with Crippen LogP contribution in [0, 0.1) is 0 Å². The third-order valence-electron chi connectivity index (χ3n) is 5.23. The molecule has 9 heteroatoms. The van der Waals surface area contributed by atoms with Gasteiger partial charge in [0.05, 0.1) is 12.4 Å². The lowest BCUT2D eigenvalue weighted by atomic mass is 10.2. The van der Waals surface area contributed by atoms with Crippen molar-refractivity contribution in [3.63, 3.8) is 0 Å². The van der Waals surface area contributed by atoms with Crippen LogP contribution < -0.4 is 21.3 Å². The van der Waals surface area contributed by atoms with E-state index in [4.69, 9.17) is 4.74 Å². The molecule has 1 aliphatic carbocycles. The number of anilines is 1. The molecule has 1 aromatic carbocycles. The van der Waals surface area contributed by atoms with Crippen molar-refractivity contribution in [3.8, 4) is 5.75 Å². The van der Waals surface area contributed by atoms with Crippen LogP contribution in [0.1, 0.15) is 25.7 Å². The van der Waals surface area contributed by atoms with Gasteiger partial charge in [-0.3, -0.25) is 14.2 Å². The van der Waals surface area contributed by atoms with Crippen molar-refractivity contribution in [2.24, 2.45) is 14.1 Å². The zero-order valence-electron chi connectivity index (χ0n) is 16.4. The van der Waals surface area contributed by atoms with E-state index in [1.807, 2.05) is 6.07 Å². The quantitative estimate of drug-likeness (QED) is 0.701. The van der Waals surface area contributed by atoms with Crippen molar-refractivity contribution in [2.45, 2.75) is 38.3 Å². The summed E-state index contributed by atoms with van der Waals surface area (Å²) in [7, 11) is 3.19. The molecule has 0 aliphatic heterocycles. The predicted octanol–water partition coefficient (Wildman–Crippen LogP) is 1.39. The Balaban J connectivity index is 1.54. The topological polar surface area (TPSA) is 100 Å². The van der Waals surface area contributed by atoms with Gasteiger partial charge < -0.3 is 14.6 Å². The van der Waals surface area contributed by atoms with Crippen LogP contribution in [0.2, 0.25) is 0 Å². The lowest BCUT2D eigenvalue weighted by molar-refractivity contribution is -0.116. The molecule has 1 N–H and O–H groups in total. The van der Waals surface area contributed by atoms with E-state index in [-0.39, 0.29) is 23.8 Å². The van der Waals surface area contributed by atoms with Crippen molar-refractivity contribution >= 4 is 22.8 Å². The van der Waals surface area contributed by atoms with Crippen LogP contribution in [0.5, 0.6) is 5.75 Å². The van der Waals surface area contributed by atoms with Crippen LogP contribution in [-0.2, 0) is 25.4 Å². The van der Waals surface area contributed by atoms with Crippen LogP contribution in [0.3, 0.4) is 0 Å². The number of nitrogens with zero attached hydrogens (tertiary/aromatic N) is 4. The maximum absolute atomic E-state index is 12.7. The smallest absolute Gasteiger partial charge is 0.332 e. The molecule has 0 spiro atoms. The average molecular weight is 397 g/mol. The molecule has 0 unspecified atom stereocenters. The Morgan fingerprint density at radius 1 is 1.24 bits per heavy atom. The number of ether oxygens (including phenoxy) is 1. The first-order chi connectivity index (χ1) is 13.9. The largest absolute Gasteiger partial charge is 0.490 e. The lowest BCUT2D eigenvalue weighted by Crippen LogP contribution is -2.42. The first kappa shape index (κ1) is 19.0. The number of benzene rings is 1. The first-order valence-corrected chi connectivity index (χ1v) is 9.61. The summed E-state index contributed by atoms with van der Waals surface area (Å²) in [6.07, 6.45) is 6.11. The van der Waals surface area contributed by atoms with E-state index in [1.165, 1.54) is 35.4 Å². The van der Waals surface area contributed by atoms with Crippen LogP contribution in [0.25, 0.3) is 11.2 Å². The molecule has 4 rings (SSSR count). The van der Waals surface area contributed by atoms with Crippen LogP contribution >= 0.6 is 0 Å².